The Kier molecular flexibility index (Phi) is 3.97. The number of aromatic nitrogens is 4. The van der Waals surface area contributed by atoms with Crippen LogP contribution in [-0.2, 0) is 6.54 Å². The van der Waals surface area contributed by atoms with E-state index in [2.05, 4.69) is 15.0 Å². The molecule has 6 nitrogen and oxygen atoms in total. The average molecular weight is 359 g/mol. The SMILES string of the molecule is Cc1ccc(F)c(Cn2cnc3c(N)nc(OC(C)C4CC4)nc32)c1F. The van der Waals surface area contributed by atoms with Gasteiger partial charge in [-0.05, 0) is 44.2 Å². The van der Waals surface area contributed by atoms with Crippen LogP contribution in [0.2, 0.25) is 0 Å². The van der Waals surface area contributed by atoms with Crippen LogP contribution in [0.4, 0.5) is 14.6 Å². The second kappa shape index (κ2) is 6.19. The molecule has 0 aliphatic heterocycles. The van der Waals surface area contributed by atoms with Crippen LogP contribution >= 0.6 is 0 Å². The van der Waals surface area contributed by atoms with Crippen molar-refractivity contribution in [2.45, 2.75) is 39.3 Å². The van der Waals surface area contributed by atoms with Crippen LogP contribution < -0.4 is 10.5 Å². The van der Waals surface area contributed by atoms with E-state index in [4.69, 9.17) is 10.5 Å². The van der Waals surface area contributed by atoms with Gasteiger partial charge >= 0.3 is 6.01 Å². The summed E-state index contributed by atoms with van der Waals surface area (Å²) in [6.07, 6.45) is 3.70. The third kappa shape index (κ3) is 2.95. The molecule has 0 amide bonds. The molecule has 1 atom stereocenters. The maximum Gasteiger partial charge on any atom is 0.320 e. The van der Waals surface area contributed by atoms with Crippen LogP contribution in [0.3, 0.4) is 0 Å². The molecule has 1 unspecified atom stereocenters. The highest BCUT2D eigenvalue weighted by molar-refractivity contribution is 5.82. The number of aryl methyl sites for hydroxylation is 1. The first-order chi connectivity index (χ1) is 12.4. The predicted octanol–water partition coefficient (Wildman–Crippen LogP) is 3.22. The topological polar surface area (TPSA) is 78.9 Å². The van der Waals surface area contributed by atoms with E-state index >= 15 is 0 Å². The third-order valence-electron chi connectivity index (χ3n) is 4.76. The zero-order chi connectivity index (χ0) is 18.4. The van der Waals surface area contributed by atoms with Gasteiger partial charge in [0.05, 0.1) is 12.9 Å². The van der Waals surface area contributed by atoms with Gasteiger partial charge in [-0.25, -0.2) is 13.8 Å². The van der Waals surface area contributed by atoms with E-state index in [0.717, 1.165) is 12.8 Å². The Hall–Kier alpha value is -2.77. The minimum Gasteiger partial charge on any atom is -0.460 e. The lowest BCUT2D eigenvalue weighted by Crippen LogP contribution is -2.16. The van der Waals surface area contributed by atoms with Gasteiger partial charge in [0.2, 0.25) is 0 Å². The molecule has 1 aliphatic rings. The number of benzene rings is 1. The molecule has 26 heavy (non-hydrogen) atoms. The fourth-order valence-corrected chi connectivity index (χ4v) is 2.97. The molecule has 1 aromatic carbocycles. The van der Waals surface area contributed by atoms with E-state index in [1.54, 1.807) is 11.5 Å². The van der Waals surface area contributed by atoms with Crippen LogP contribution in [0.1, 0.15) is 30.9 Å². The minimum absolute atomic E-state index is 0.00474. The van der Waals surface area contributed by atoms with Crippen molar-refractivity contribution in [1.29, 1.82) is 0 Å². The fraction of sp³-hybridized carbons (Fsp3) is 0.389. The zero-order valence-electron chi connectivity index (χ0n) is 14.5. The standard InChI is InChI=1S/C18H19F2N5O/c1-9-3-6-13(19)12(14(9)20)7-25-8-22-15-16(21)23-18(24-17(15)25)26-10(2)11-4-5-11/h3,6,8,10-11H,4-5,7H2,1-2H3,(H2,21,23,24). The summed E-state index contributed by atoms with van der Waals surface area (Å²) < 4.78 is 35.7. The third-order valence-corrected chi connectivity index (χ3v) is 4.76. The van der Waals surface area contributed by atoms with E-state index in [1.807, 2.05) is 6.92 Å². The first-order valence-corrected chi connectivity index (χ1v) is 8.52. The van der Waals surface area contributed by atoms with Gasteiger partial charge < -0.3 is 15.0 Å². The molecule has 2 N–H and O–H groups in total. The summed E-state index contributed by atoms with van der Waals surface area (Å²) in [5.41, 5.74) is 7.06. The van der Waals surface area contributed by atoms with Gasteiger partial charge in [-0.1, -0.05) is 6.07 Å². The van der Waals surface area contributed by atoms with Crippen molar-refractivity contribution in [2.75, 3.05) is 5.73 Å². The van der Waals surface area contributed by atoms with Gasteiger partial charge in [0.25, 0.3) is 0 Å². The summed E-state index contributed by atoms with van der Waals surface area (Å²) in [6.45, 7) is 3.51. The van der Waals surface area contributed by atoms with Gasteiger partial charge in [0.1, 0.15) is 17.7 Å². The maximum absolute atomic E-state index is 14.3. The lowest BCUT2D eigenvalue weighted by atomic mass is 10.1. The minimum atomic E-state index is -0.615. The molecule has 3 aromatic rings. The number of anilines is 1. The van der Waals surface area contributed by atoms with Crippen molar-refractivity contribution in [1.82, 2.24) is 19.5 Å². The van der Waals surface area contributed by atoms with Crippen molar-refractivity contribution < 1.29 is 13.5 Å². The summed E-state index contributed by atoms with van der Waals surface area (Å²) in [5.74, 6) is -0.503. The summed E-state index contributed by atoms with van der Waals surface area (Å²) in [5, 5.41) is 0. The molecule has 2 aromatic heterocycles. The number of nitrogens with zero attached hydrogens (tertiary/aromatic N) is 4. The van der Waals surface area contributed by atoms with Crippen LogP contribution in [0.5, 0.6) is 6.01 Å². The van der Waals surface area contributed by atoms with Gasteiger partial charge in [0, 0.05) is 5.56 Å². The normalized spacial score (nSPS) is 15.4. The lowest BCUT2D eigenvalue weighted by Gasteiger charge is -2.13. The molecule has 1 aliphatic carbocycles. The quantitative estimate of drug-likeness (QED) is 0.757. The Bertz CT molecular complexity index is 983. The predicted molar refractivity (Wildman–Crippen MR) is 92.7 cm³/mol. The number of nitrogens with two attached hydrogens (primary N) is 1. The van der Waals surface area contributed by atoms with Crippen LogP contribution in [-0.4, -0.2) is 25.6 Å². The van der Waals surface area contributed by atoms with Gasteiger partial charge in [0.15, 0.2) is 17.0 Å². The van der Waals surface area contributed by atoms with Crippen molar-refractivity contribution in [2.24, 2.45) is 5.92 Å². The summed E-state index contributed by atoms with van der Waals surface area (Å²) in [7, 11) is 0. The van der Waals surface area contributed by atoms with Gasteiger partial charge in [-0.3, -0.25) is 0 Å². The fourth-order valence-electron chi connectivity index (χ4n) is 2.97. The second-order valence-corrected chi connectivity index (χ2v) is 6.75. The summed E-state index contributed by atoms with van der Waals surface area (Å²) in [4.78, 5) is 12.7. The Labute approximate surface area is 149 Å². The van der Waals surface area contributed by atoms with E-state index in [9.17, 15) is 8.78 Å². The lowest BCUT2D eigenvalue weighted by molar-refractivity contribution is 0.182. The van der Waals surface area contributed by atoms with Crippen LogP contribution in [0, 0.1) is 24.5 Å². The first-order valence-electron chi connectivity index (χ1n) is 8.52. The number of hydrogen-bond donors (Lipinski definition) is 1. The highest BCUT2D eigenvalue weighted by Crippen LogP contribution is 2.34. The number of nitrogen functional groups attached to an aromatic ring is 1. The van der Waals surface area contributed by atoms with Crippen molar-refractivity contribution in [3.05, 3.63) is 41.2 Å². The van der Waals surface area contributed by atoms with Gasteiger partial charge in [-0.2, -0.15) is 9.97 Å². The Balaban J connectivity index is 1.71. The number of rotatable bonds is 5. The molecular weight excluding hydrogens is 340 g/mol. The molecule has 1 fully saturated rings. The monoisotopic (exact) mass is 359 g/mol. The molecule has 2 heterocycles. The smallest absolute Gasteiger partial charge is 0.320 e. The summed E-state index contributed by atoms with van der Waals surface area (Å²) >= 11 is 0. The van der Waals surface area contributed by atoms with Gasteiger partial charge in [-0.15, -0.1) is 0 Å². The number of halogens is 2. The molecule has 8 heteroatoms. The van der Waals surface area contributed by atoms with E-state index in [-0.39, 0.29) is 30.0 Å². The maximum atomic E-state index is 14.3. The number of hydrogen-bond acceptors (Lipinski definition) is 5. The van der Waals surface area contributed by atoms with Crippen LogP contribution in [0.15, 0.2) is 18.5 Å². The highest BCUT2D eigenvalue weighted by Gasteiger charge is 2.30. The molecule has 0 saturated heterocycles. The average Bonchev–Trinajstić information content (AvgIpc) is 3.38. The van der Waals surface area contributed by atoms with E-state index < -0.39 is 11.6 Å². The number of imidazole rings is 1. The number of ether oxygens (including phenoxy) is 1. The first kappa shape index (κ1) is 16.7. The molecule has 1 saturated carbocycles. The molecule has 136 valence electrons. The number of fused-ring (bicyclic) bond motifs is 1. The van der Waals surface area contributed by atoms with Crippen molar-refractivity contribution in [3.8, 4) is 6.01 Å². The summed E-state index contributed by atoms with van der Waals surface area (Å²) in [6, 6.07) is 2.81. The zero-order valence-corrected chi connectivity index (χ0v) is 14.5. The second-order valence-electron chi connectivity index (χ2n) is 6.75. The van der Waals surface area contributed by atoms with Crippen molar-refractivity contribution in [3.63, 3.8) is 0 Å². The largest absolute Gasteiger partial charge is 0.460 e. The Morgan fingerprint density at radius 1 is 1.31 bits per heavy atom. The molecule has 0 spiro atoms. The van der Waals surface area contributed by atoms with Crippen molar-refractivity contribution >= 4 is 17.0 Å². The Morgan fingerprint density at radius 2 is 2.08 bits per heavy atom. The molecule has 0 radical (unpaired) electrons. The van der Waals surface area contributed by atoms with E-state index in [0.29, 0.717) is 22.6 Å². The molecular formula is C18H19F2N5O. The van der Waals surface area contributed by atoms with E-state index in [1.165, 1.54) is 18.5 Å². The van der Waals surface area contributed by atoms with Crippen LogP contribution in [0.25, 0.3) is 11.2 Å². The molecule has 0 bridgehead atoms. The highest BCUT2D eigenvalue weighted by atomic mass is 19.1. The molecule has 4 rings (SSSR count). The Morgan fingerprint density at radius 3 is 2.81 bits per heavy atom.